The molecule has 1 unspecified atom stereocenters. The van der Waals surface area contributed by atoms with E-state index in [1.54, 1.807) is 0 Å². The van der Waals surface area contributed by atoms with Gasteiger partial charge in [0.25, 0.3) is 0 Å². The molecule has 1 aliphatic heterocycles. The Morgan fingerprint density at radius 2 is 2.36 bits per heavy atom. The maximum atomic E-state index is 10.8. The molecule has 0 bridgehead atoms. The van der Waals surface area contributed by atoms with Gasteiger partial charge in [-0.25, -0.2) is 0 Å². The lowest BCUT2D eigenvalue weighted by molar-refractivity contribution is -0.118. The maximum absolute atomic E-state index is 10.8. The van der Waals surface area contributed by atoms with E-state index in [4.69, 9.17) is 0 Å². The molecule has 1 saturated heterocycles. The zero-order chi connectivity index (χ0) is 9.97. The first-order valence-electron chi connectivity index (χ1n) is 4.78. The van der Waals surface area contributed by atoms with E-state index in [0.717, 1.165) is 30.3 Å². The summed E-state index contributed by atoms with van der Waals surface area (Å²) in [7, 11) is 0. The molecule has 0 N–H and O–H groups in total. The maximum Gasteiger partial charge on any atom is 0.210 e. The van der Waals surface area contributed by atoms with E-state index in [2.05, 4.69) is 28.1 Å². The predicted octanol–water partition coefficient (Wildman–Crippen LogP) is 2.74. The van der Waals surface area contributed by atoms with Gasteiger partial charge >= 0.3 is 0 Å². The van der Waals surface area contributed by atoms with E-state index < -0.39 is 0 Å². The molecule has 1 aromatic rings. The van der Waals surface area contributed by atoms with Gasteiger partial charge in [0.2, 0.25) is 6.41 Å². The highest BCUT2D eigenvalue weighted by Crippen LogP contribution is 2.31. The van der Waals surface area contributed by atoms with Gasteiger partial charge in [-0.1, -0.05) is 28.1 Å². The van der Waals surface area contributed by atoms with Crippen LogP contribution >= 0.6 is 15.9 Å². The summed E-state index contributed by atoms with van der Waals surface area (Å²) < 4.78 is 1.08. The molecule has 2 rings (SSSR count). The summed E-state index contributed by atoms with van der Waals surface area (Å²) in [5, 5.41) is 0. The molecule has 0 saturated carbocycles. The normalized spacial score (nSPS) is 21.2. The molecule has 3 heteroatoms. The van der Waals surface area contributed by atoms with Crippen LogP contribution in [0.5, 0.6) is 0 Å². The summed E-state index contributed by atoms with van der Waals surface area (Å²) in [6.45, 7) is 0.890. The quantitative estimate of drug-likeness (QED) is 0.743. The average Bonchev–Trinajstić information content (AvgIpc) is 2.65. The predicted molar refractivity (Wildman–Crippen MR) is 58.9 cm³/mol. The average molecular weight is 254 g/mol. The number of amides is 1. The molecule has 1 heterocycles. The van der Waals surface area contributed by atoms with Gasteiger partial charge in [0.05, 0.1) is 6.04 Å². The Kier molecular flexibility index (Phi) is 2.87. The van der Waals surface area contributed by atoms with Crippen LogP contribution in [0.25, 0.3) is 0 Å². The van der Waals surface area contributed by atoms with Crippen LogP contribution in [0.3, 0.4) is 0 Å². The van der Waals surface area contributed by atoms with Crippen LogP contribution in [-0.4, -0.2) is 17.9 Å². The molecule has 2 nitrogen and oxygen atoms in total. The molecule has 0 aliphatic carbocycles. The summed E-state index contributed by atoms with van der Waals surface area (Å²) >= 11 is 3.44. The number of carbonyl (C=O) groups excluding carboxylic acids is 1. The van der Waals surface area contributed by atoms with Crippen molar-refractivity contribution in [2.45, 2.75) is 18.9 Å². The van der Waals surface area contributed by atoms with Crippen molar-refractivity contribution in [3.8, 4) is 0 Å². The van der Waals surface area contributed by atoms with Crippen molar-refractivity contribution in [3.05, 3.63) is 34.3 Å². The summed E-state index contributed by atoms with van der Waals surface area (Å²) in [5.74, 6) is 0. The van der Waals surface area contributed by atoms with Crippen molar-refractivity contribution in [1.82, 2.24) is 4.90 Å². The number of carbonyl (C=O) groups is 1. The van der Waals surface area contributed by atoms with Crippen LogP contribution in [0.1, 0.15) is 24.4 Å². The first-order chi connectivity index (χ1) is 6.81. The third-order valence-corrected chi connectivity index (χ3v) is 3.16. The Hall–Kier alpha value is -0.830. The minimum absolute atomic E-state index is 0.282. The Morgan fingerprint density at radius 3 is 3.07 bits per heavy atom. The van der Waals surface area contributed by atoms with Crippen molar-refractivity contribution in [2.75, 3.05) is 6.54 Å². The molecule has 1 aromatic carbocycles. The highest BCUT2D eigenvalue weighted by atomic mass is 79.9. The number of likely N-dealkylation sites (tertiary alicyclic amines) is 1. The van der Waals surface area contributed by atoms with Crippen molar-refractivity contribution in [1.29, 1.82) is 0 Å². The molecule has 1 aliphatic rings. The number of hydrogen-bond acceptors (Lipinski definition) is 1. The second-order valence-corrected chi connectivity index (χ2v) is 4.47. The second kappa shape index (κ2) is 4.13. The Bertz CT molecular complexity index is 340. The van der Waals surface area contributed by atoms with Crippen LogP contribution < -0.4 is 0 Å². The molecule has 1 amide bonds. The first-order valence-corrected chi connectivity index (χ1v) is 5.57. The molecule has 0 radical (unpaired) electrons. The summed E-state index contributed by atoms with van der Waals surface area (Å²) in [5.41, 5.74) is 1.23. The monoisotopic (exact) mass is 253 g/mol. The smallest absolute Gasteiger partial charge is 0.210 e. The Labute approximate surface area is 92.0 Å². The molecule has 1 fully saturated rings. The van der Waals surface area contributed by atoms with E-state index in [1.165, 1.54) is 5.56 Å². The van der Waals surface area contributed by atoms with E-state index in [9.17, 15) is 4.79 Å². The molecular weight excluding hydrogens is 242 g/mol. The summed E-state index contributed by atoms with van der Waals surface area (Å²) in [6, 6.07) is 8.47. The lowest BCUT2D eigenvalue weighted by Gasteiger charge is -2.20. The fourth-order valence-corrected chi connectivity index (χ4v) is 2.40. The zero-order valence-corrected chi connectivity index (χ0v) is 9.40. The number of nitrogens with zero attached hydrogens (tertiary/aromatic N) is 1. The number of benzene rings is 1. The van der Waals surface area contributed by atoms with Gasteiger partial charge < -0.3 is 4.90 Å². The van der Waals surface area contributed by atoms with Gasteiger partial charge in [-0.05, 0) is 30.5 Å². The van der Waals surface area contributed by atoms with Crippen molar-refractivity contribution in [3.63, 3.8) is 0 Å². The minimum atomic E-state index is 0.282. The molecular formula is C11H12BrNO. The van der Waals surface area contributed by atoms with Crippen molar-refractivity contribution in [2.24, 2.45) is 0 Å². The topological polar surface area (TPSA) is 20.3 Å². The van der Waals surface area contributed by atoms with Crippen LogP contribution in [-0.2, 0) is 4.79 Å². The van der Waals surface area contributed by atoms with Gasteiger partial charge in [0.15, 0.2) is 0 Å². The van der Waals surface area contributed by atoms with Crippen LogP contribution in [0.15, 0.2) is 28.7 Å². The third-order valence-electron chi connectivity index (χ3n) is 2.66. The molecule has 0 aromatic heterocycles. The number of rotatable bonds is 2. The van der Waals surface area contributed by atoms with Crippen LogP contribution in [0.2, 0.25) is 0 Å². The van der Waals surface area contributed by atoms with Crippen molar-refractivity contribution < 1.29 is 4.79 Å². The van der Waals surface area contributed by atoms with Gasteiger partial charge in [-0.15, -0.1) is 0 Å². The molecule has 14 heavy (non-hydrogen) atoms. The minimum Gasteiger partial charge on any atom is -0.338 e. The largest absolute Gasteiger partial charge is 0.338 e. The summed E-state index contributed by atoms with van der Waals surface area (Å²) in [6.07, 6.45) is 3.14. The van der Waals surface area contributed by atoms with E-state index in [0.29, 0.717) is 0 Å². The van der Waals surface area contributed by atoms with Gasteiger partial charge in [-0.2, -0.15) is 0 Å². The SMILES string of the molecule is O=CN1CCCC1c1cccc(Br)c1. The standard InChI is InChI=1S/C11H12BrNO/c12-10-4-1-3-9(7-10)11-5-2-6-13(11)8-14/h1,3-4,7-8,11H,2,5-6H2. The van der Waals surface area contributed by atoms with E-state index >= 15 is 0 Å². The van der Waals surface area contributed by atoms with E-state index in [-0.39, 0.29) is 6.04 Å². The van der Waals surface area contributed by atoms with E-state index in [1.807, 2.05) is 17.0 Å². The van der Waals surface area contributed by atoms with Crippen LogP contribution in [0, 0.1) is 0 Å². The molecule has 0 spiro atoms. The number of halogens is 1. The highest BCUT2D eigenvalue weighted by molar-refractivity contribution is 9.10. The van der Waals surface area contributed by atoms with Gasteiger partial charge in [-0.3, -0.25) is 4.79 Å². The highest BCUT2D eigenvalue weighted by Gasteiger charge is 2.24. The third kappa shape index (κ3) is 1.82. The summed E-state index contributed by atoms with van der Waals surface area (Å²) in [4.78, 5) is 12.7. The second-order valence-electron chi connectivity index (χ2n) is 3.56. The zero-order valence-electron chi connectivity index (χ0n) is 7.82. The Balaban J connectivity index is 2.25. The van der Waals surface area contributed by atoms with Gasteiger partial charge in [0, 0.05) is 11.0 Å². The Morgan fingerprint density at radius 1 is 1.50 bits per heavy atom. The lowest BCUT2D eigenvalue weighted by atomic mass is 10.1. The number of hydrogen-bond donors (Lipinski definition) is 0. The molecule has 74 valence electrons. The fourth-order valence-electron chi connectivity index (χ4n) is 1.99. The lowest BCUT2D eigenvalue weighted by Crippen LogP contribution is -2.20. The van der Waals surface area contributed by atoms with Crippen LogP contribution in [0.4, 0.5) is 0 Å². The molecule has 1 atom stereocenters. The van der Waals surface area contributed by atoms with Crippen molar-refractivity contribution >= 4 is 22.3 Å². The first kappa shape index (κ1) is 9.71. The van der Waals surface area contributed by atoms with Gasteiger partial charge in [0.1, 0.15) is 0 Å². The fraction of sp³-hybridized carbons (Fsp3) is 0.364.